The molecule has 0 unspecified atom stereocenters. The van der Waals surface area contributed by atoms with Crippen molar-refractivity contribution in [3.63, 3.8) is 0 Å². The van der Waals surface area contributed by atoms with Crippen molar-refractivity contribution in [2.75, 3.05) is 10.6 Å². The van der Waals surface area contributed by atoms with E-state index in [-0.39, 0.29) is 39.8 Å². The van der Waals surface area contributed by atoms with Gasteiger partial charge < -0.3 is 10.4 Å². The number of hydrogen-bond donors (Lipinski definition) is 4. The number of hydrogen-bond acceptors (Lipinski definition) is 7. The molecule has 192 valence electrons. The van der Waals surface area contributed by atoms with Crippen molar-refractivity contribution < 1.29 is 23.1 Å². The second-order valence-electron chi connectivity index (χ2n) is 7.79. The third-order valence-corrected chi connectivity index (χ3v) is 6.76. The molecule has 1 aromatic heterocycles. The smallest absolute Gasteiger partial charge is 0.334 e. The molecule has 3 amide bonds. The lowest BCUT2D eigenvalue weighted by Crippen LogP contribution is -2.35. The summed E-state index contributed by atoms with van der Waals surface area (Å²) in [5.41, 5.74) is 0.469. The topological polar surface area (TPSA) is 166 Å². The van der Waals surface area contributed by atoms with E-state index in [2.05, 4.69) is 15.7 Å². The van der Waals surface area contributed by atoms with E-state index in [1.54, 1.807) is 42.5 Å². The number of benzene rings is 3. The fourth-order valence-electron chi connectivity index (χ4n) is 3.43. The zero-order valence-electron chi connectivity index (χ0n) is 19.4. The van der Waals surface area contributed by atoms with Crippen molar-refractivity contribution in [3.8, 4) is 17.5 Å². The van der Waals surface area contributed by atoms with Gasteiger partial charge in [0, 0.05) is 5.02 Å². The molecule has 4 N–H and O–H groups in total. The molecule has 4 aromatic rings. The van der Waals surface area contributed by atoms with Crippen molar-refractivity contribution >= 4 is 45.1 Å². The Bertz CT molecular complexity index is 1650. The molecule has 0 aliphatic rings. The quantitative estimate of drug-likeness (QED) is 0.254. The number of carbonyl (C=O) groups excluding carboxylic acids is 2. The van der Waals surface area contributed by atoms with E-state index in [9.17, 15) is 28.4 Å². The Morgan fingerprint density at radius 1 is 0.974 bits per heavy atom. The lowest BCUT2D eigenvalue weighted by atomic mass is 10.2. The van der Waals surface area contributed by atoms with Gasteiger partial charge >= 0.3 is 6.03 Å². The molecule has 0 radical (unpaired) electrons. The SMILES string of the molecule is N#Cc1c(CC(=O)Nc2ccccc2O)nn(-c2ccccc2)c1NC(=O)NS(=O)(=O)c1ccc(Cl)cc1. The molecule has 13 heteroatoms. The number of nitrogens with zero attached hydrogens (tertiary/aromatic N) is 3. The summed E-state index contributed by atoms with van der Waals surface area (Å²) in [5.74, 6) is -0.869. The van der Waals surface area contributed by atoms with Gasteiger partial charge in [0.05, 0.1) is 28.4 Å². The number of carbonyl (C=O) groups is 2. The number of para-hydroxylation sites is 3. The van der Waals surface area contributed by atoms with E-state index in [1.165, 1.54) is 41.1 Å². The van der Waals surface area contributed by atoms with Crippen LogP contribution in [0.5, 0.6) is 5.75 Å². The minimum atomic E-state index is -4.27. The average molecular weight is 551 g/mol. The van der Waals surface area contributed by atoms with Crippen LogP contribution in [-0.2, 0) is 21.2 Å². The maximum absolute atomic E-state index is 12.7. The number of phenolic OH excluding ortho intramolecular Hbond substituents is 1. The molecule has 0 bridgehead atoms. The van der Waals surface area contributed by atoms with Gasteiger partial charge in [0.2, 0.25) is 5.91 Å². The molecule has 4 rings (SSSR count). The molecule has 3 aromatic carbocycles. The number of rotatable bonds is 7. The maximum Gasteiger partial charge on any atom is 0.334 e. The first kappa shape index (κ1) is 26.2. The maximum atomic E-state index is 12.7. The first-order valence-electron chi connectivity index (χ1n) is 10.9. The lowest BCUT2D eigenvalue weighted by Gasteiger charge is -2.11. The number of nitrogens with one attached hydrogen (secondary N) is 3. The first-order chi connectivity index (χ1) is 18.2. The predicted octanol–water partition coefficient (Wildman–Crippen LogP) is 3.79. The van der Waals surface area contributed by atoms with Crippen LogP contribution < -0.4 is 15.4 Å². The highest BCUT2D eigenvalue weighted by Crippen LogP contribution is 2.26. The summed E-state index contributed by atoms with van der Waals surface area (Å²) in [7, 11) is -4.27. The molecule has 0 atom stereocenters. The van der Waals surface area contributed by atoms with E-state index in [4.69, 9.17) is 11.6 Å². The van der Waals surface area contributed by atoms with Crippen LogP contribution in [0.1, 0.15) is 11.3 Å². The summed E-state index contributed by atoms with van der Waals surface area (Å²) in [6.45, 7) is 0. The average Bonchev–Trinajstić information content (AvgIpc) is 3.22. The highest BCUT2D eigenvalue weighted by molar-refractivity contribution is 7.90. The molecule has 0 fully saturated rings. The number of nitriles is 1. The Kier molecular flexibility index (Phi) is 7.61. The predicted molar refractivity (Wildman–Crippen MR) is 140 cm³/mol. The van der Waals surface area contributed by atoms with Crippen LogP contribution in [0.3, 0.4) is 0 Å². The summed E-state index contributed by atoms with van der Waals surface area (Å²) >= 11 is 5.80. The van der Waals surface area contributed by atoms with Gasteiger partial charge in [-0.15, -0.1) is 0 Å². The van der Waals surface area contributed by atoms with Gasteiger partial charge in [-0.2, -0.15) is 10.4 Å². The summed E-state index contributed by atoms with van der Waals surface area (Å²) in [4.78, 5) is 25.2. The van der Waals surface area contributed by atoms with E-state index in [0.717, 1.165) is 0 Å². The number of sulfonamides is 1. The van der Waals surface area contributed by atoms with Crippen molar-refractivity contribution in [2.45, 2.75) is 11.3 Å². The van der Waals surface area contributed by atoms with E-state index in [0.29, 0.717) is 10.7 Å². The molecule has 0 saturated heterocycles. The number of aromatic hydroxyl groups is 1. The van der Waals surface area contributed by atoms with Gasteiger partial charge in [-0.3, -0.25) is 10.1 Å². The van der Waals surface area contributed by atoms with Crippen LogP contribution in [0.2, 0.25) is 5.02 Å². The van der Waals surface area contributed by atoms with E-state index >= 15 is 0 Å². The van der Waals surface area contributed by atoms with Gasteiger partial charge in [-0.1, -0.05) is 41.9 Å². The number of urea groups is 1. The number of aromatic nitrogens is 2. The highest BCUT2D eigenvalue weighted by Gasteiger charge is 2.25. The molecular formula is C25H19ClN6O5S. The summed E-state index contributed by atoms with van der Waals surface area (Å²) in [6.07, 6.45) is -0.379. The summed E-state index contributed by atoms with van der Waals surface area (Å²) in [5, 5.41) is 29.4. The summed E-state index contributed by atoms with van der Waals surface area (Å²) < 4.78 is 28.4. The molecule has 0 aliphatic carbocycles. The minimum Gasteiger partial charge on any atom is -0.506 e. The lowest BCUT2D eigenvalue weighted by molar-refractivity contribution is -0.115. The Morgan fingerprint density at radius 2 is 1.63 bits per heavy atom. The Hall–Kier alpha value is -4.86. The van der Waals surface area contributed by atoms with Crippen LogP contribution in [0.4, 0.5) is 16.3 Å². The van der Waals surface area contributed by atoms with Gasteiger partial charge in [0.25, 0.3) is 10.0 Å². The van der Waals surface area contributed by atoms with Crippen LogP contribution in [0.15, 0.2) is 83.8 Å². The van der Waals surface area contributed by atoms with Crippen molar-refractivity contribution in [2.24, 2.45) is 0 Å². The van der Waals surface area contributed by atoms with Crippen LogP contribution >= 0.6 is 11.6 Å². The van der Waals surface area contributed by atoms with Gasteiger partial charge in [0.1, 0.15) is 17.4 Å². The number of amides is 3. The Morgan fingerprint density at radius 3 is 2.29 bits per heavy atom. The Labute approximate surface area is 222 Å². The molecule has 38 heavy (non-hydrogen) atoms. The fraction of sp³-hybridized carbons (Fsp3) is 0.0400. The molecule has 0 aliphatic heterocycles. The van der Waals surface area contributed by atoms with Gasteiger partial charge in [0.15, 0.2) is 5.82 Å². The number of halogens is 1. The fourth-order valence-corrected chi connectivity index (χ4v) is 4.46. The van der Waals surface area contributed by atoms with E-state index in [1.807, 2.05) is 10.8 Å². The zero-order chi connectivity index (χ0) is 27.3. The third kappa shape index (κ3) is 5.92. The minimum absolute atomic E-state index is 0.0140. The van der Waals surface area contributed by atoms with Gasteiger partial charge in [-0.25, -0.2) is 22.6 Å². The first-order valence-corrected chi connectivity index (χ1v) is 12.8. The highest BCUT2D eigenvalue weighted by atomic mass is 35.5. The van der Waals surface area contributed by atoms with Gasteiger partial charge in [-0.05, 0) is 48.5 Å². The molecule has 0 spiro atoms. The zero-order valence-corrected chi connectivity index (χ0v) is 21.0. The normalized spacial score (nSPS) is 10.8. The Balaban J connectivity index is 1.64. The monoisotopic (exact) mass is 550 g/mol. The van der Waals surface area contributed by atoms with E-state index < -0.39 is 22.0 Å². The summed E-state index contributed by atoms with van der Waals surface area (Å²) in [6, 6.07) is 20.5. The molecule has 1 heterocycles. The second-order valence-corrected chi connectivity index (χ2v) is 9.90. The van der Waals surface area contributed by atoms with Crippen LogP contribution in [0.25, 0.3) is 5.69 Å². The number of phenols is 1. The van der Waals surface area contributed by atoms with Crippen molar-refractivity contribution in [1.82, 2.24) is 14.5 Å². The van der Waals surface area contributed by atoms with Crippen molar-refractivity contribution in [3.05, 3.63) is 95.1 Å². The second kappa shape index (κ2) is 11.0. The molecule has 11 nitrogen and oxygen atoms in total. The standard InChI is InChI=1S/C25H19ClN6O5S/c26-16-10-12-18(13-11-16)38(36,37)31-25(35)29-24-19(15-27)21(30-32(24)17-6-2-1-3-7-17)14-23(34)28-20-8-4-5-9-22(20)33/h1-13,33H,14H2,(H,28,34)(H2,29,31,35). The molecule has 0 saturated carbocycles. The van der Waals surface area contributed by atoms with Crippen LogP contribution in [0, 0.1) is 11.3 Å². The third-order valence-electron chi connectivity index (χ3n) is 5.16. The molecular weight excluding hydrogens is 532 g/mol. The van der Waals surface area contributed by atoms with Crippen LogP contribution in [-0.4, -0.2) is 35.2 Å². The van der Waals surface area contributed by atoms with Crippen molar-refractivity contribution in [1.29, 1.82) is 5.26 Å². The largest absolute Gasteiger partial charge is 0.506 e. The number of anilines is 2.